The predicted octanol–water partition coefficient (Wildman–Crippen LogP) is 5.33. The second-order valence-corrected chi connectivity index (χ2v) is 9.75. The number of carbonyl (C=O) groups is 1. The zero-order chi connectivity index (χ0) is 24.9. The van der Waals surface area contributed by atoms with Gasteiger partial charge in [-0.3, -0.25) is 0 Å². The van der Waals surface area contributed by atoms with E-state index in [2.05, 4.69) is 28.4 Å². The van der Waals surface area contributed by atoms with Crippen molar-refractivity contribution in [2.45, 2.75) is 38.5 Å². The SMILES string of the molecule is COC(=O)c1ccc2c(c1)Cc1cc(Cc3cccc(OC)c3)nc(NCCCCN3CCCC3)c1-2. The fraction of sp³-hybridized carbons (Fsp3) is 0.400. The van der Waals surface area contributed by atoms with Crippen LogP contribution in [0, 0.1) is 0 Å². The van der Waals surface area contributed by atoms with Crippen molar-refractivity contribution < 1.29 is 14.3 Å². The summed E-state index contributed by atoms with van der Waals surface area (Å²) in [7, 11) is 3.11. The maximum absolute atomic E-state index is 12.1. The maximum Gasteiger partial charge on any atom is 0.337 e. The molecule has 1 N–H and O–H groups in total. The van der Waals surface area contributed by atoms with Crippen LogP contribution in [0.1, 0.15) is 58.4 Å². The minimum absolute atomic E-state index is 0.304. The van der Waals surface area contributed by atoms with E-state index in [1.807, 2.05) is 30.3 Å². The fourth-order valence-electron chi connectivity index (χ4n) is 5.41. The van der Waals surface area contributed by atoms with Gasteiger partial charge < -0.3 is 19.7 Å². The van der Waals surface area contributed by atoms with Crippen LogP contribution in [-0.2, 0) is 17.6 Å². The molecule has 5 rings (SSSR count). The van der Waals surface area contributed by atoms with Crippen LogP contribution in [0.5, 0.6) is 5.75 Å². The van der Waals surface area contributed by atoms with E-state index in [9.17, 15) is 4.79 Å². The highest BCUT2D eigenvalue weighted by Crippen LogP contribution is 2.41. The number of nitrogens with zero attached hydrogens (tertiary/aromatic N) is 2. The van der Waals surface area contributed by atoms with Crippen molar-refractivity contribution in [2.75, 3.05) is 45.7 Å². The number of hydrogen-bond acceptors (Lipinski definition) is 6. The third-order valence-corrected chi connectivity index (χ3v) is 7.24. The molecule has 6 nitrogen and oxygen atoms in total. The lowest BCUT2D eigenvalue weighted by Gasteiger charge is -2.16. The summed E-state index contributed by atoms with van der Waals surface area (Å²) in [5.74, 6) is 1.49. The van der Waals surface area contributed by atoms with E-state index in [1.165, 1.54) is 57.1 Å². The molecular weight excluding hydrogens is 450 g/mol. The molecule has 1 aliphatic heterocycles. The number of hydrogen-bond donors (Lipinski definition) is 1. The van der Waals surface area contributed by atoms with Gasteiger partial charge in [0, 0.05) is 24.2 Å². The van der Waals surface area contributed by atoms with Crippen LogP contribution in [0.15, 0.2) is 48.5 Å². The Morgan fingerprint density at radius 2 is 1.89 bits per heavy atom. The molecular formula is C30H35N3O3. The number of pyridine rings is 1. The monoisotopic (exact) mass is 485 g/mol. The number of benzene rings is 2. The molecule has 0 amide bonds. The topological polar surface area (TPSA) is 63.7 Å². The Hall–Kier alpha value is -3.38. The number of carbonyl (C=O) groups excluding carboxylic acids is 1. The minimum Gasteiger partial charge on any atom is -0.497 e. The summed E-state index contributed by atoms with van der Waals surface area (Å²) in [5, 5.41) is 3.66. The van der Waals surface area contributed by atoms with Gasteiger partial charge in [0.2, 0.25) is 0 Å². The molecule has 0 unspecified atom stereocenters. The van der Waals surface area contributed by atoms with Crippen molar-refractivity contribution in [2.24, 2.45) is 0 Å². The zero-order valence-electron chi connectivity index (χ0n) is 21.3. The van der Waals surface area contributed by atoms with Crippen LogP contribution in [0.25, 0.3) is 11.1 Å². The zero-order valence-corrected chi connectivity index (χ0v) is 21.3. The van der Waals surface area contributed by atoms with E-state index in [1.54, 1.807) is 7.11 Å². The van der Waals surface area contributed by atoms with Gasteiger partial charge >= 0.3 is 5.97 Å². The lowest BCUT2D eigenvalue weighted by Crippen LogP contribution is -2.21. The van der Waals surface area contributed by atoms with Crippen molar-refractivity contribution in [3.63, 3.8) is 0 Å². The number of esters is 1. The van der Waals surface area contributed by atoms with Gasteiger partial charge in [0.15, 0.2) is 0 Å². The average molecular weight is 486 g/mol. The van der Waals surface area contributed by atoms with Crippen molar-refractivity contribution in [1.82, 2.24) is 9.88 Å². The summed E-state index contributed by atoms with van der Waals surface area (Å²) in [6.45, 7) is 4.58. The standard InChI is InChI=1S/C30H35N3O3/c1-35-26-9-7-8-21(17-26)16-25-20-24-19-23-18-22(30(34)36-2)10-11-27(23)28(24)29(32-25)31-12-3-4-13-33-14-5-6-15-33/h7-11,17-18,20H,3-6,12-16,19H2,1-2H3,(H,31,32). The molecule has 0 atom stereocenters. The van der Waals surface area contributed by atoms with Crippen LogP contribution in [0.3, 0.4) is 0 Å². The summed E-state index contributed by atoms with van der Waals surface area (Å²) in [6, 6.07) is 16.2. The first-order chi connectivity index (χ1) is 17.6. The molecule has 0 spiro atoms. The van der Waals surface area contributed by atoms with E-state index >= 15 is 0 Å². The summed E-state index contributed by atoms with van der Waals surface area (Å²) >= 11 is 0. The lowest BCUT2D eigenvalue weighted by atomic mass is 10.0. The van der Waals surface area contributed by atoms with Crippen molar-refractivity contribution in [3.05, 3.63) is 76.5 Å². The highest BCUT2D eigenvalue weighted by Gasteiger charge is 2.25. The summed E-state index contributed by atoms with van der Waals surface area (Å²) in [4.78, 5) is 19.8. The number of rotatable bonds is 10. The predicted molar refractivity (Wildman–Crippen MR) is 143 cm³/mol. The van der Waals surface area contributed by atoms with Gasteiger partial charge in [-0.25, -0.2) is 9.78 Å². The number of unbranched alkanes of at least 4 members (excludes halogenated alkanes) is 1. The third-order valence-electron chi connectivity index (χ3n) is 7.24. The maximum atomic E-state index is 12.1. The van der Waals surface area contributed by atoms with E-state index in [0.29, 0.717) is 5.56 Å². The quantitative estimate of drug-likeness (QED) is 0.242. The smallest absolute Gasteiger partial charge is 0.337 e. The largest absolute Gasteiger partial charge is 0.497 e. The molecule has 1 aliphatic carbocycles. The number of likely N-dealkylation sites (tertiary alicyclic amines) is 1. The Labute approximate surface area is 213 Å². The molecule has 1 fully saturated rings. The molecule has 1 aromatic heterocycles. The first-order valence-electron chi connectivity index (χ1n) is 13.0. The van der Waals surface area contributed by atoms with Gasteiger partial charge in [-0.2, -0.15) is 0 Å². The molecule has 0 saturated carbocycles. The van der Waals surface area contributed by atoms with Crippen LogP contribution >= 0.6 is 0 Å². The Morgan fingerprint density at radius 1 is 1.03 bits per heavy atom. The summed E-state index contributed by atoms with van der Waals surface area (Å²) in [6.07, 6.45) is 6.50. The van der Waals surface area contributed by atoms with E-state index in [4.69, 9.17) is 14.5 Å². The van der Waals surface area contributed by atoms with Gasteiger partial charge in [-0.1, -0.05) is 18.2 Å². The second-order valence-electron chi connectivity index (χ2n) is 9.75. The molecule has 1 saturated heterocycles. The van der Waals surface area contributed by atoms with Gasteiger partial charge in [0.25, 0.3) is 0 Å². The fourth-order valence-corrected chi connectivity index (χ4v) is 5.41. The first-order valence-corrected chi connectivity index (χ1v) is 13.0. The van der Waals surface area contributed by atoms with Crippen molar-refractivity contribution in [3.8, 4) is 16.9 Å². The van der Waals surface area contributed by atoms with Crippen LogP contribution < -0.4 is 10.1 Å². The Morgan fingerprint density at radius 3 is 2.69 bits per heavy atom. The molecule has 36 heavy (non-hydrogen) atoms. The lowest BCUT2D eigenvalue weighted by molar-refractivity contribution is 0.0600. The third kappa shape index (κ3) is 5.39. The van der Waals surface area contributed by atoms with Gasteiger partial charge in [0.05, 0.1) is 19.8 Å². The number of anilines is 1. The normalized spacial score (nSPS) is 14.4. The molecule has 3 aromatic rings. The van der Waals surface area contributed by atoms with E-state index < -0.39 is 0 Å². The Balaban J connectivity index is 1.38. The van der Waals surface area contributed by atoms with Crippen molar-refractivity contribution >= 4 is 11.8 Å². The minimum atomic E-state index is -0.304. The highest BCUT2D eigenvalue weighted by atomic mass is 16.5. The number of ether oxygens (including phenoxy) is 2. The van der Waals surface area contributed by atoms with Gasteiger partial charge in [0.1, 0.15) is 11.6 Å². The molecule has 6 heteroatoms. The highest BCUT2D eigenvalue weighted by molar-refractivity contribution is 5.93. The van der Waals surface area contributed by atoms with Gasteiger partial charge in [-0.15, -0.1) is 0 Å². The summed E-state index contributed by atoms with van der Waals surface area (Å²) in [5.41, 5.74) is 7.49. The summed E-state index contributed by atoms with van der Waals surface area (Å²) < 4.78 is 10.3. The van der Waals surface area contributed by atoms with E-state index in [-0.39, 0.29) is 5.97 Å². The number of methoxy groups -OCH3 is 2. The Bertz CT molecular complexity index is 1230. The molecule has 2 aromatic carbocycles. The van der Waals surface area contributed by atoms with Crippen LogP contribution in [-0.4, -0.2) is 56.3 Å². The van der Waals surface area contributed by atoms with E-state index in [0.717, 1.165) is 59.8 Å². The second kappa shape index (κ2) is 11.1. The van der Waals surface area contributed by atoms with Crippen LogP contribution in [0.2, 0.25) is 0 Å². The number of aromatic nitrogens is 1. The number of fused-ring (bicyclic) bond motifs is 3. The van der Waals surface area contributed by atoms with Gasteiger partial charge in [-0.05, 0) is 104 Å². The molecule has 0 bridgehead atoms. The molecule has 188 valence electrons. The first kappa shape index (κ1) is 24.3. The molecule has 0 radical (unpaired) electrons. The average Bonchev–Trinajstić information content (AvgIpc) is 3.55. The molecule has 2 heterocycles. The van der Waals surface area contributed by atoms with Crippen LogP contribution in [0.4, 0.5) is 5.82 Å². The molecule has 2 aliphatic rings. The number of nitrogens with one attached hydrogen (secondary N) is 1. The van der Waals surface area contributed by atoms with Crippen molar-refractivity contribution in [1.29, 1.82) is 0 Å². The Kier molecular flexibility index (Phi) is 7.52.